The van der Waals surface area contributed by atoms with Crippen molar-refractivity contribution < 1.29 is 4.79 Å². The molecule has 0 spiro atoms. The van der Waals surface area contributed by atoms with Gasteiger partial charge in [-0.3, -0.25) is 10.6 Å². The number of benzene rings is 1. The number of hydrazine groups is 1. The van der Waals surface area contributed by atoms with E-state index in [0.717, 1.165) is 12.5 Å². The summed E-state index contributed by atoms with van der Waals surface area (Å²) >= 11 is 0. The van der Waals surface area contributed by atoms with Crippen molar-refractivity contribution in [2.24, 2.45) is 17.7 Å². The molecule has 2 rings (SSSR count). The third-order valence-electron chi connectivity index (χ3n) is 3.34. The van der Waals surface area contributed by atoms with Gasteiger partial charge >= 0.3 is 0 Å². The summed E-state index contributed by atoms with van der Waals surface area (Å²) in [5, 5.41) is 2.96. The van der Waals surface area contributed by atoms with Crippen molar-refractivity contribution in [3.05, 3.63) is 29.8 Å². The SMILES string of the molecule is CC(CNC(=O)c1ccccc1NN)C1CC1. The molecule has 1 aliphatic carbocycles. The molecule has 4 N–H and O–H groups in total. The van der Waals surface area contributed by atoms with Crippen molar-refractivity contribution >= 4 is 11.6 Å². The van der Waals surface area contributed by atoms with E-state index in [-0.39, 0.29) is 5.91 Å². The summed E-state index contributed by atoms with van der Waals surface area (Å²) in [6.07, 6.45) is 2.61. The van der Waals surface area contributed by atoms with Gasteiger partial charge in [0.05, 0.1) is 11.3 Å². The van der Waals surface area contributed by atoms with Crippen LogP contribution in [0.15, 0.2) is 24.3 Å². The summed E-state index contributed by atoms with van der Waals surface area (Å²) in [7, 11) is 0. The molecule has 92 valence electrons. The molecule has 0 radical (unpaired) electrons. The Kier molecular flexibility index (Phi) is 3.64. The number of nitrogen functional groups attached to an aromatic ring is 1. The van der Waals surface area contributed by atoms with Crippen molar-refractivity contribution in [2.75, 3.05) is 12.0 Å². The predicted octanol–water partition coefficient (Wildman–Crippen LogP) is 1.75. The Bertz CT molecular complexity index is 401. The topological polar surface area (TPSA) is 67.2 Å². The van der Waals surface area contributed by atoms with Gasteiger partial charge in [-0.25, -0.2) is 0 Å². The van der Waals surface area contributed by atoms with Crippen LogP contribution in [-0.2, 0) is 0 Å². The Morgan fingerprint density at radius 2 is 2.18 bits per heavy atom. The maximum atomic E-state index is 12.0. The number of carbonyl (C=O) groups is 1. The quantitative estimate of drug-likeness (QED) is 0.536. The zero-order chi connectivity index (χ0) is 12.3. The first-order chi connectivity index (χ1) is 8.22. The van der Waals surface area contributed by atoms with Crippen LogP contribution in [0.4, 0.5) is 5.69 Å². The second-order valence-corrected chi connectivity index (χ2v) is 4.71. The lowest BCUT2D eigenvalue weighted by atomic mass is 10.1. The minimum Gasteiger partial charge on any atom is -0.352 e. The summed E-state index contributed by atoms with van der Waals surface area (Å²) < 4.78 is 0. The average molecular weight is 233 g/mol. The van der Waals surface area contributed by atoms with E-state index in [2.05, 4.69) is 17.7 Å². The molecule has 1 saturated carbocycles. The Hall–Kier alpha value is -1.55. The molecular weight excluding hydrogens is 214 g/mol. The van der Waals surface area contributed by atoms with Crippen LogP contribution in [0, 0.1) is 11.8 Å². The number of nitrogens with one attached hydrogen (secondary N) is 2. The monoisotopic (exact) mass is 233 g/mol. The number of carbonyl (C=O) groups excluding carboxylic acids is 1. The molecule has 0 heterocycles. The van der Waals surface area contributed by atoms with Gasteiger partial charge in [0.1, 0.15) is 0 Å². The molecule has 1 aromatic rings. The van der Waals surface area contributed by atoms with Gasteiger partial charge < -0.3 is 10.7 Å². The minimum atomic E-state index is -0.0638. The van der Waals surface area contributed by atoms with Crippen molar-refractivity contribution in [2.45, 2.75) is 19.8 Å². The fourth-order valence-electron chi connectivity index (χ4n) is 1.99. The maximum absolute atomic E-state index is 12.0. The van der Waals surface area contributed by atoms with Crippen LogP contribution < -0.4 is 16.6 Å². The first-order valence-corrected chi connectivity index (χ1v) is 6.06. The lowest BCUT2D eigenvalue weighted by Gasteiger charge is -2.13. The molecule has 4 nitrogen and oxygen atoms in total. The fraction of sp³-hybridized carbons (Fsp3) is 0.462. The molecule has 0 saturated heterocycles. The predicted molar refractivity (Wildman–Crippen MR) is 68.5 cm³/mol. The Morgan fingerprint density at radius 1 is 1.47 bits per heavy atom. The maximum Gasteiger partial charge on any atom is 0.253 e. The third-order valence-corrected chi connectivity index (χ3v) is 3.34. The molecule has 1 fully saturated rings. The molecule has 1 atom stereocenters. The highest BCUT2D eigenvalue weighted by molar-refractivity contribution is 5.99. The molecule has 0 aliphatic heterocycles. The molecule has 1 amide bonds. The van der Waals surface area contributed by atoms with Crippen LogP contribution in [0.2, 0.25) is 0 Å². The van der Waals surface area contributed by atoms with Gasteiger partial charge in [0.25, 0.3) is 5.91 Å². The normalized spacial score (nSPS) is 16.4. The van der Waals surface area contributed by atoms with Crippen molar-refractivity contribution in [1.29, 1.82) is 0 Å². The largest absolute Gasteiger partial charge is 0.352 e. The second kappa shape index (κ2) is 5.19. The van der Waals surface area contributed by atoms with Crippen molar-refractivity contribution in [1.82, 2.24) is 5.32 Å². The van der Waals surface area contributed by atoms with Gasteiger partial charge in [-0.1, -0.05) is 19.1 Å². The van der Waals surface area contributed by atoms with Crippen LogP contribution in [0.1, 0.15) is 30.1 Å². The van der Waals surface area contributed by atoms with E-state index in [1.165, 1.54) is 12.8 Å². The van der Waals surface area contributed by atoms with E-state index < -0.39 is 0 Å². The number of amides is 1. The van der Waals surface area contributed by atoms with Crippen LogP contribution in [0.25, 0.3) is 0 Å². The highest BCUT2D eigenvalue weighted by atomic mass is 16.1. The first kappa shape index (κ1) is 11.9. The lowest BCUT2D eigenvalue weighted by molar-refractivity contribution is 0.0947. The average Bonchev–Trinajstić information content (AvgIpc) is 3.19. The van der Waals surface area contributed by atoms with E-state index >= 15 is 0 Å². The number of anilines is 1. The summed E-state index contributed by atoms with van der Waals surface area (Å²) in [6, 6.07) is 7.24. The molecule has 1 unspecified atom stereocenters. The highest BCUT2D eigenvalue weighted by Gasteiger charge is 2.28. The highest BCUT2D eigenvalue weighted by Crippen LogP contribution is 2.36. The minimum absolute atomic E-state index is 0.0638. The molecular formula is C13H19N3O. The Balaban J connectivity index is 1.94. The Labute approximate surface area is 102 Å². The fourth-order valence-corrected chi connectivity index (χ4v) is 1.99. The Morgan fingerprint density at radius 3 is 2.82 bits per heavy atom. The van der Waals surface area contributed by atoms with E-state index in [1.54, 1.807) is 12.1 Å². The summed E-state index contributed by atoms with van der Waals surface area (Å²) in [4.78, 5) is 12.0. The zero-order valence-electron chi connectivity index (χ0n) is 10.1. The summed E-state index contributed by atoms with van der Waals surface area (Å²) in [6.45, 7) is 2.92. The van der Waals surface area contributed by atoms with Crippen molar-refractivity contribution in [3.8, 4) is 0 Å². The molecule has 0 aromatic heterocycles. The second-order valence-electron chi connectivity index (χ2n) is 4.71. The van der Waals surface area contributed by atoms with E-state index in [1.807, 2.05) is 12.1 Å². The number of para-hydroxylation sites is 1. The lowest BCUT2D eigenvalue weighted by Crippen LogP contribution is -2.30. The molecule has 17 heavy (non-hydrogen) atoms. The molecule has 4 heteroatoms. The summed E-state index contributed by atoms with van der Waals surface area (Å²) in [5.74, 6) is 6.68. The van der Waals surface area contributed by atoms with Gasteiger partial charge in [-0.15, -0.1) is 0 Å². The van der Waals surface area contributed by atoms with Crippen LogP contribution in [-0.4, -0.2) is 12.5 Å². The van der Waals surface area contributed by atoms with Crippen molar-refractivity contribution in [3.63, 3.8) is 0 Å². The number of hydrogen-bond donors (Lipinski definition) is 3. The van der Waals surface area contributed by atoms with Crippen LogP contribution >= 0.6 is 0 Å². The molecule has 0 bridgehead atoms. The van der Waals surface area contributed by atoms with Crippen LogP contribution in [0.3, 0.4) is 0 Å². The van der Waals surface area contributed by atoms with Gasteiger partial charge in [0, 0.05) is 6.54 Å². The number of nitrogens with two attached hydrogens (primary N) is 1. The van der Waals surface area contributed by atoms with E-state index in [4.69, 9.17) is 5.84 Å². The van der Waals surface area contributed by atoms with E-state index in [9.17, 15) is 4.79 Å². The third kappa shape index (κ3) is 2.97. The van der Waals surface area contributed by atoms with Crippen LogP contribution in [0.5, 0.6) is 0 Å². The molecule has 1 aromatic carbocycles. The van der Waals surface area contributed by atoms with Gasteiger partial charge in [0.15, 0.2) is 0 Å². The van der Waals surface area contributed by atoms with Gasteiger partial charge in [0.2, 0.25) is 0 Å². The molecule has 1 aliphatic rings. The van der Waals surface area contributed by atoms with Gasteiger partial charge in [-0.05, 0) is 36.8 Å². The number of hydrogen-bond acceptors (Lipinski definition) is 3. The number of rotatable bonds is 5. The first-order valence-electron chi connectivity index (χ1n) is 6.06. The van der Waals surface area contributed by atoms with Gasteiger partial charge in [-0.2, -0.15) is 0 Å². The standard InChI is InChI=1S/C13H19N3O/c1-9(10-6-7-10)8-15-13(17)11-4-2-3-5-12(11)16-14/h2-5,9-10,16H,6-8,14H2,1H3,(H,15,17). The van der Waals surface area contributed by atoms with E-state index in [0.29, 0.717) is 17.2 Å². The zero-order valence-corrected chi connectivity index (χ0v) is 10.1. The smallest absolute Gasteiger partial charge is 0.253 e. The summed E-state index contributed by atoms with van der Waals surface area (Å²) in [5.41, 5.74) is 3.79.